The Bertz CT molecular complexity index is 902. The molecular formula is C22H19F3O4. The van der Waals surface area contributed by atoms with E-state index in [-0.39, 0.29) is 24.4 Å². The second-order valence-electron chi connectivity index (χ2n) is 6.60. The van der Waals surface area contributed by atoms with E-state index in [4.69, 9.17) is 9.47 Å². The van der Waals surface area contributed by atoms with Crippen molar-refractivity contribution >= 4 is 17.7 Å². The van der Waals surface area contributed by atoms with E-state index < -0.39 is 35.5 Å². The molecule has 0 N–H and O–H groups in total. The summed E-state index contributed by atoms with van der Waals surface area (Å²) in [6.45, 7) is 1.80. The van der Waals surface area contributed by atoms with Crippen molar-refractivity contribution in [3.8, 4) is 0 Å². The first-order valence-corrected chi connectivity index (χ1v) is 9.11. The molecule has 0 saturated carbocycles. The van der Waals surface area contributed by atoms with Crippen molar-refractivity contribution in [2.75, 3.05) is 6.61 Å². The molecule has 1 aliphatic rings. The van der Waals surface area contributed by atoms with Crippen LogP contribution in [-0.4, -0.2) is 18.5 Å². The molecule has 3 rings (SSSR count). The van der Waals surface area contributed by atoms with Crippen LogP contribution in [0.2, 0.25) is 0 Å². The number of cyclic esters (lactones) is 1. The molecule has 2 aromatic carbocycles. The summed E-state index contributed by atoms with van der Waals surface area (Å²) in [5, 5.41) is 0. The highest BCUT2D eigenvalue weighted by Gasteiger charge is 2.39. The highest BCUT2D eigenvalue weighted by atomic mass is 19.4. The lowest BCUT2D eigenvalue weighted by molar-refractivity contribution is -0.156. The number of benzene rings is 2. The third-order valence-corrected chi connectivity index (χ3v) is 4.63. The maximum absolute atomic E-state index is 12.8. The van der Waals surface area contributed by atoms with Crippen LogP contribution < -0.4 is 0 Å². The van der Waals surface area contributed by atoms with Gasteiger partial charge in [-0.15, -0.1) is 0 Å². The summed E-state index contributed by atoms with van der Waals surface area (Å²) in [5.41, 5.74) is 0.321. The maximum Gasteiger partial charge on any atom is 0.416 e. The number of ether oxygens (including phenoxy) is 2. The van der Waals surface area contributed by atoms with E-state index in [9.17, 15) is 22.8 Å². The first-order valence-electron chi connectivity index (χ1n) is 9.11. The largest absolute Gasteiger partial charge is 0.466 e. The van der Waals surface area contributed by atoms with Gasteiger partial charge in [-0.3, -0.25) is 9.59 Å². The van der Waals surface area contributed by atoms with E-state index >= 15 is 0 Å². The van der Waals surface area contributed by atoms with Gasteiger partial charge in [0.2, 0.25) is 0 Å². The van der Waals surface area contributed by atoms with Crippen LogP contribution in [0.3, 0.4) is 0 Å². The van der Waals surface area contributed by atoms with Gasteiger partial charge in [0, 0.05) is 5.56 Å². The highest BCUT2D eigenvalue weighted by molar-refractivity contribution is 5.91. The molecule has 0 aliphatic carbocycles. The standard InChI is InChI=1S/C22H19F3O4/c1-2-28-20(26)18-13-19(15-8-10-16(11-9-15)22(23,24)25)29-21(27)17(18)12-14-6-4-3-5-7-14/h3-11,13,17-18H,2,12H2,1H3/t17-,18-/m0/s1. The lowest BCUT2D eigenvalue weighted by Crippen LogP contribution is -2.36. The lowest BCUT2D eigenvalue weighted by atomic mass is 9.84. The van der Waals surface area contributed by atoms with Crippen LogP contribution in [0.1, 0.15) is 23.6 Å². The third kappa shape index (κ3) is 4.85. The molecule has 0 amide bonds. The van der Waals surface area contributed by atoms with Gasteiger partial charge in [-0.25, -0.2) is 0 Å². The van der Waals surface area contributed by atoms with Crippen molar-refractivity contribution in [2.45, 2.75) is 19.5 Å². The summed E-state index contributed by atoms with van der Waals surface area (Å²) < 4.78 is 48.8. The van der Waals surface area contributed by atoms with Gasteiger partial charge in [0.15, 0.2) is 0 Å². The zero-order valence-corrected chi connectivity index (χ0v) is 15.6. The number of carbonyl (C=O) groups is 2. The normalized spacial score (nSPS) is 19.3. The smallest absolute Gasteiger partial charge is 0.416 e. The van der Waals surface area contributed by atoms with Crippen LogP contribution in [0, 0.1) is 11.8 Å². The minimum absolute atomic E-state index is 0.0473. The molecule has 7 heteroatoms. The van der Waals surface area contributed by atoms with E-state index in [1.54, 1.807) is 6.92 Å². The van der Waals surface area contributed by atoms with Crippen molar-refractivity contribution in [1.82, 2.24) is 0 Å². The first kappa shape index (κ1) is 20.6. The van der Waals surface area contributed by atoms with Gasteiger partial charge in [0.25, 0.3) is 0 Å². The SMILES string of the molecule is CCOC(=O)[C@H]1C=C(c2ccc(C(F)(F)F)cc2)OC(=O)[C@H]1Cc1ccccc1. The second-order valence-corrected chi connectivity index (χ2v) is 6.60. The van der Waals surface area contributed by atoms with E-state index in [1.165, 1.54) is 18.2 Å². The Morgan fingerprint density at radius 3 is 2.31 bits per heavy atom. The Hall–Kier alpha value is -3.09. The summed E-state index contributed by atoms with van der Waals surface area (Å²) in [4.78, 5) is 25.2. The molecule has 0 radical (unpaired) electrons. The Morgan fingerprint density at radius 2 is 1.72 bits per heavy atom. The molecule has 2 aromatic rings. The van der Waals surface area contributed by atoms with Gasteiger partial charge >= 0.3 is 18.1 Å². The van der Waals surface area contributed by atoms with Crippen LogP contribution in [0.25, 0.3) is 5.76 Å². The van der Waals surface area contributed by atoms with E-state index in [0.29, 0.717) is 0 Å². The van der Waals surface area contributed by atoms with Gasteiger partial charge < -0.3 is 9.47 Å². The van der Waals surface area contributed by atoms with Crippen molar-refractivity contribution in [3.05, 3.63) is 77.4 Å². The molecule has 0 fully saturated rings. The zero-order valence-electron chi connectivity index (χ0n) is 15.6. The minimum atomic E-state index is -4.47. The number of hydrogen-bond donors (Lipinski definition) is 0. The van der Waals surface area contributed by atoms with Crippen molar-refractivity contribution < 1.29 is 32.2 Å². The second kappa shape index (κ2) is 8.51. The number of rotatable bonds is 5. The topological polar surface area (TPSA) is 52.6 Å². The van der Waals surface area contributed by atoms with Crippen LogP contribution in [0.15, 0.2) is 60.7 Å². The van der Waals surface area contributed by atoms with Gasteiger partial charge in [-0.05, 0) is 37.1 Å². The predicted octanol–water partition coefficient (Wildman–Crippen LogP) is 4.64. The molecule has 0 bridgehead atoms. The van der Waals surface area contributed by atoms with E-state index in [2.05, 4.69) is 0 Å². The van der Waals surface area contributed by atoms with Crippen molar-refractivity contribution in [1.29, 1.82) is 0 Å². The molecular weight excluding hydrogens is 385 g/mol. The molecule has 152 valence electrons. The van der Waals surface area contributed by atoms with Crippen molar-refractivity contribution in [2.24, 2.45) is 11.8 Å². The molecule has 1 aliphatic heterocycles. The molecule has 0 aromatic heterocycles. The number of carbonyl (C=O) groups excluding carboxylic acids is 2. The average Bonchev–Trinajstić information content (AvgIpc) is 2.69. The molecule has 2 atom stereocenters. The quantitative estimate of drug-likeness (QED) is 0.682. The molecule has 1 heterocycles. The first-order chi connectivity index (χ1) is 13.8. The predicted molar refractivity (Wildman–Crippen MR) is 99.3 cm³/mol. The highest BCUT2D eigenvalue weighted by Crippen LogP contribution is 2.34. The maximum atomic E-state index is 12.8. The molecule has 0 saturated heterocycles. The van der Waals surface area contributed by atoms with Gasteiger partial charge in [0.1, 0.15) is 5.76 Å². The van der Waals surface area contributed by atoms with Gasteiger partial charge in [0.05, 0.1) is 24.0 Å². The van der Waals surface area contributed by atoms with Gasteiger partial charge in [-0.2, -0.15) is 13.2 Å². The zero-order chi connectivity index (χ0) is 21.0. The van der Waals surface area contributed by atoms with E-state index in [0.717, 1.165) is 17.7 Å². The Morgan fingerprint density at radius 1 is 1.07 bits per heavy atom. The summed E-state index contributed by atoms with van der Waals surface area (Å²) in [6.07, 6.45) is -2.74. The van der Waals surface area contributed by atoms with Crippen LogP contribution in [-0.2, 0) is 31.7 Å². The molecule has 4 nitrogen and oxygen atoms in total. The average molecular weight is 404 g/mol. The summed E-state index contributed by atoms with van der Waals surface area (Å²) in [6, 6.07) is 13.4. The third-order valence-electron chi connectivity index (χ3n) is 4.63. The molecule has 0 unspecified atom stereocenters. The van der Waals surface area contributed by atoms with E-state index in [1.807, 2.05) is 30.3 Å². The summed E-state index contributed by atoms with van der Waals surface area (Å²) >= 11 is 0. The Balaban J connectivity index is 1.92. The monoisotopic (exact) mass is 404 g/mol. The van der Waals surface area contributed by atoms with Crippen molar-refractivity contribution in [3.63, 3.8) is 0 Å². The summed E-state index contributed by atoms with van der Waals surface area (Å²) in [5.74, 6) is -2.83. The van der Waals surface area contributed by atoms with Crippen LogP contribution >= 0.6 is 0 Å². The number of halogens is 3. The molecule has 0 spiro atoms. The fourth-order valence-corrected chi connectivity index (χ4v) is 3.17. The number of hydrogen-bond acceptors (Lipinski definition) is 4. The van der Waals surface area contributed by atoms with Crippen LogP contribution in [0.5, 0.6) is 0 Å². The number of esters is 2. The fraction of sp³-hybridized carbons (Fsp3) is 0.273. The Labute approximate surface area is 165 Å². The van der Waals surface area contributed by atoms with Gasteiger partial charge in [-0.1, -0.05) is 42.5 Å². The lowest BCUT2D eigenvalue weighted by Gasteiger charge is -2.27. The Kier molecular flexibility index (Phi) is 6.06. The van der Waals surface area contributed by atoms with Crippen LogP contribution in [0.4, 0.5) is 13.2 Å². The summed E-state index contributed by atoms with van der Waals surface area (Å²) in [7, 11) is 0. The molecule has 29 heavy (non-hydrogen) atoms. The minimum Gasteiger partial charge on any atom is -0.466 e. The fourth-order valence-electron chi connectivity index (χ4n) is 3.17. The number of alkyl halides is 3.